The van der Waals surface area contributed by atoms with Gasteiger partial charge in [0.1, 0.15) is 0 Å². The van der Waals surface area contributed by atoms with Gasteiger partial charge in [-0.3, -0.25) is 9.59 Å². The fourth-order valence-corrected chi connectivity index (χ4v) is 0.996. The highest BCUT2D eigenvalue weighted by Crippen LogP contribution is 1.99. The number of likely N-dealkylation sites (N-methyl/N-ethyl adjacent to an activating group) is 2. The number of rotatable bonds is 6. The summed E-state index contributed by atoms with van der Waals surface area (Å²) in [5.41, 5.74) is 5.38. The summed E-state index contributed by atoms with van der Waals surface area (Å²) in [6.45, 7) is 0.340. The lowest BCUT2D eigenvalue weighted by Gasteiger charge is -2.19. The maximum atomic E-state index is 11.5. The van der Waals surface area contributed by atoms with Gasteiger partial charge in [0.25, 0.3) is 0 Å². The second-order valence-electron chi connectivity index (χ2n) is 3.22. The Kier molecular flexibility index (Phi) is 6.64. The maximum Gasteiger partial charge on any atom is 0.239 e. The van der Waals surface area contributed by atoms with Gasteiger partial charge in [0.15, 0.2) is 0 Å². The van der Waals surface area contributed by atoms with Crippen LogP contribution in [0.5, 0.6) is 0 Å². The molecule has 0 rings (SSSR count). The Morgan fingerprint density at radius 3 is 2.53 bits per heavy atom. The van der Waals surface area contributed by atoms with Crippen LogP contribution < -0.4 is 11.1 Å². The third-order valence-corrected chi connectivity index (χ3v) is 2.08. The number of nitrogens with two attached hydrogens (primary N) is 1. The first-order valence-corrected chi connectivity index (χ1v) is 4.72. The molecule has 0 spiro atoms. The lowest BCUT2D eigenvalue weighted by Crippen LogP contribution is -2.39. The van der Waals surface area contributed by atoms with Gasteiger partial charge in [-0.2, -0.15) is 0 Å². The van der Waals surface area contributed by atoms with Gasteiger partial charge in [-0.15, -0.1) is 0 Å². The Labute approximate surface area is 89.7 Å². The molecule has 0 aromatic carbocycles. The molecule has 0 fully saturated rings. The fraction of sp³-hybridized carbons (Fsp3) is 0.778. The van der Waals surface area contributed by atoms with Crippen molar-refractivity contribution >= 4 is 11.8 Å². The Morgan fingerprint density at radius 2 is 2.13 bits per heavy atom. The number of hydrogen-bond acceptors (Lipinski definition) is 4. The molecular formula is C9H19N3O3. The summed E-state index contributed by atoms with van der Waals surface area (Å²) in [4.78, 5) is 23.9. The van der Waals surface area contributed by atoms with E-state index in [1.807, 2.05) is 0 Å². The monoisotopic (exact) mass is 217 g/mol. The summed E-state index contributed by atoms with van der Waals surface area (Å²) in [5, 5.41) is 2.44. The van der Waals surface area contributed by atoms with Gasteiger partial charge in [0.05, 0.1) is 19.1 Å². The maximum absolute atomic E-state index is 11.5. The molecule has 0 heterocycles. The molecule has 0 saturated heterocycles. The molecule has 15 heavy (non-hydrogen) atoms. The molecule has 0 radical (unpaired) electrons. The smallest absolute Gasteiger partial charge is 0.239 e. The Hall–Kier alpha value is -1.14. The molecule has 0 aromatic rings. The van der Waals surface area contributed by atoms with E-state index in [1.165, 1.54) is 19.1 Å². The summed E-state index contributed by atoms with van der Waals surface area (Å²) in [5.74, 6) is -0.358. The topological polar surface area (TPSA) is 84.7 Å². The molecule has 0 aliphatic rings. The number of carbonyl (C=O) groups is 2. The van der Waals surface area contributed by atoms with Crippen LogP contribution in [-0.4, -0.2) is 57.1 Å². The van der Waals surface area contributed by atoms with Crippen molar-refractivity contribution in [1.82, 2.24) is 10.2 Å². The first-order chi connectivity index (χ1) is 7.04. The molecule has 0 aromatic heterocycles. The molecule has 0 aliphatic carbocycles. The van der Waals surface area contributed by atoms with Crippen LogP contribution in [0.4, 0.5) is 0 Å². The zero-order valence-corrected chi connectivity index (χ0v) is 9.45. The van der Waals surface area contributed by atoms with Gasteiger partial charge in [0.2, 0.25) is 11.8 Å². The summed E-state index contributed by atoms with van der Waals surface area (Å²) in [6, 6.07) is 0. The van der Waals surface area contributed by atoms with E-state index in [0.29, 0.717) is 0 Å². The predicted molar refractivity (Wildman–Crippen MR) is 56.2 cm³/mol. The number of carbonyl (C=O) groups excluding carboxylic acids is 2. The van der Waals surface area contributed by atoms with Crippen LogP contribution in [0.25, 0.3) is 0 Å². The highest BCUT2D eigenvalue weighted by atomic mass is 16.5. The molecule has 0 bridgehead atoms. The standard InChI is InChI=1S/C9H19N3O3/c1-11-8(13)6-12(2)9(14)4-7(5-10)15-3/h7H,4-6,10H2,1-3H3,(H,11,13). The van der Waals surface area contributed by atoms with Gasteiger partial charge < -0.3 is 20.7 Å². The molecule has 6 heteroatoms. The zero-order chi connectivity index (χ0) is 11.8. The average Bonchev–Trinajstić information content (AvgIpc) is 2.24. The van der Waals surface area contributed by atoms with Crippen LogP contribution in [0.3, 0.4) is 0 Å². The summed E-state index contributed by atoms with van der Waals surface area (Å²) >= 11 is 0. The largest absolute Gasteiger partial charge is 0.380 e. The summed E-state index contributed by atoms with van der Waals surface area (Å²) in [6.07, 6.45) is -0.0924. The molecule has 88 valence electrons. The van der Waals surface area contributed by atoms with Gasteiger partial charge in [-0.1, -0.05) is 0 Å². The van der Waals surface area contributed by atoms with E-state index in [9.17, 15) is 9.59 Å². The van der Waals surface area contributed by atoms with E-state index < -0.39 is 0 Å². The predicted octanol–water partition coefficient (Wildman–Crippen LogP) is -1.45. The molecular weight excluding hydrogens is 198 g/mol. The number of nitrogens with one attached hydrogen (secondary N) is 1. The Balaban J connectivity index is 4.03. The highest BCUT2D eigenvalue weighted by Gasteiger charge is 2.16. The Morgan fingerprint density at radius 1 is 1.53 bits per heavy atom. The molecule has 2 amide bonds. The van der Waals surface area contributed by atoms with Gasteiger partial charge in [0, 0.05) is 27.7 Å². The van der Waals surface area contributed by atoms with E-state index in [0.717, 1.165) is 0 Å². The second-order valence-corrected chi connectivity index (χ2v) is 3.22. The van der Waals surface area contributed by atoms with Crippen molar-refractivity contribution in [1.29, 1.82) is 0 Å². The quantitative estimate of drug-likeness (QED) is 0.570. The first-order valence-electron chi connectivity index (χ1n) is 4.72. The van der Waals surface area contributed by atoms with Crippen molar-refractivity contribution in [3.05, 3.63) is 0 Å². The first kappa shape index (κ1) is 13.9. The SMILES string of the molecule is CNC(=O)CN(C)C(=O)CC(CN)OC. The highest BCUT2D eigenvalue weighted by molar-refractivity contribution is 5.84. The molecule has 0 aliphatic heterocycles. The van der Waals surface area contributed by atoms with Crippen molar-refractivity contribution in [2.24, 2.45) is 5.73 Å². The zero-order valence-electron chi connectivity index (χ0n) is 9.45. The van der Waals surface area contributed by atoms with E-state index in [2.05, 4.69) is 5.32 Å². The number of nitrogens with zero attached hydrogens (tertiary/aromatic N) is 1. The minimum Gasteiger partial charge on any atom is -0.380 e. The van der Waals surface area contributed by atoms with E-state index in [-0.39, 0.29) is 37.4 Å². The third-order valence-electron chi connectivity index (χ3n) is 2.08. The van der Waals surface area contributed by atoms with Crippen LogP contribution in [0.2, 0.25) is 0 Å². The minimum absolute atomic E-state index is 0.0519. The average molecular weight is 217 g/mol. The lowest BCUT2D eigenvalue weighted by molar-refractivity contribution is -0.136. The molecule has 1 unspecified atom stereocenters. The van der Waals surface area contributed by atoms with E-state index in [4.69, 9.17) is 10.5 Å². The van der Waals surface area contributed by atoms with E-state index >= 15 is 0 Å². The second kappa shape index (κ2) is 7.19. The third kappa shape index (κ3) is 5.34. The molecule has 3 N–H and O–H groups in total. The summed E-state index contributed by atoms with van der Waals surface area (Å²) < 4.78 is 4.98. The van der Waals surface area contributed by atoms with Crippen LogP contribution in [0, 0.1) is 0 Å². The van der Waals surface area contributed by atoms with Gasteiger partial charge >= 0.3 is 0 Å². The Bertz CT molecular complexity index is 217. The molecule has 0 saturated carbocycles. The summed E-state index contributed by atoms with van der Waals surface area (Å²) in [7, 11) is 4.60. The van der Waals surface area contributed by atoms with E-state index in [1.54, 1.807) is 7.05 Å². The van der Waals surface area contributed by atoms with Crippen molar-refractivity contribution in [2.75, 3.05) is 34.3 Å². The fourth-order valence-electron chi connectivity index (χ4n) is 0.996. The van der Waals surface area contributed by atoms with Crippen LogP contribution >= 0.6 is 0 Å². The molecule has 1 atom stereocenters. The number of hydrogen-bond donors (Lipinski definition) is 2. The minimum atomic E-state index is -0.287. The van der Waals surface area contributed by atoms with Crippen molar-refractivity contribution in [3.63, 3.8) is 0 Å². The van der Waals surface area contributed by atoms with Gasteiger partial charge in [-0.25, -0.2) is 0 Å². The number of ether oxygens (including phenoxy) is 1. The number of methoxy groups -OCH3 is 1. The van der Waals surface area contributed by atoms with Crippen molar-refractivity contribution < 1.29 is 14.3 Å². The van der Waals surface area contributed by atoms with Gasteiger partial charge in [-0.05, 0) is 0 Å². The van der Waals surface area contributed by atoms with Crippen LogP contribution in [0.1, 0.15) is 6.42 Å². The normalized spacial score (nSPS) is 12.0. The lowest BCUT2D eigenvalue weighted by atomic mass is 10.2. The van der Waals surface area contributed by atoms with Crippen LogP contribution in [0.15, 0.2) is 0 Å². The molecule has 6 nitrogen and oxygen atoms in total. The number of amides is 2. The van der Waals surface area contributed by atoms with Crippen molar-refractivity contribution in [3.8, 4) is 0 Å². The van der Waals surface area contributed by atoms with Crippen LogP contribution in [-0.2, 0) is 14.3 Å². The van der Waals surface area contributed by atoms with Crippen molar-refractivity contribution in [2.45, 2.75) is 12.5 Å².